The molecule has 0 N–H and O–H groups in total. The lowest BCUT2D eigenvalue weighted by Crippen LogP contribution is -2.16. The summed E-state index contributed by atoms with van der Waals surface area (Å²) < 4.78 is 21.4. The molecule has 1 rings (SSSR count). The van der Waals surface area contributed by atoms with Crippen molar-refractivity contribution in [3.05, 3.63) is 35.9 Å². The van der Waals surface area contributed by atoms with Gasteiger partial charge in [-0.1, -0.05) is 37.0 Å². The molecule has 0 aromatic heterocycles. The molecule has 0 saturated heterocycles. The minimum absolute atomic E-state index is 0.167. The van der Waals surface area contributed by atoms with E-state index in [1.54, 1.807) is 6.92 Å². The molecule has 0 radical (unpaired) electrons. The van der Waals surface area contributed by atoms with Crippen LogP contribution in [0.15, 0.2) is 30.3 Å². The zero-order valence-corrected chi connectivity index (χ0v) is 12.9. The molecular formula is C15H19O4P. The Morgan fingerprint density at radius 1 is 1.25 bits per heavy atom. The highest BCUT2D eigenvalue weighted by Crippen LogP contribution is 2.46. The van der Waals surface area contributed by atoms with Crippen LogP contribution in [0.5, 0.6) is 0 Å². The number of hydrogen-bond donors (Lipinski definition) is 0. The van der Waals surface area contributed by atoms with Crippen LogP contribution in [0, 0.1) is 17.8 Å². The summed E-state index contributed by atoms with van der Waals surface area (Å²) in [6, 6.07) is 9.55. The van der Waals surface area contributed by atoms with Crippen LogP contribution < -0.4 is 0 Å². The van der Waals surface area contributed by atoms with Crippen LogP contribution >= 0.6 is 7.60 Å². The fourth-order valence-electron chi connectivity index (χ4n) is 1.49. The van der Waals surface area contributed by atoms with E-state index in [4.69, 9.17) is 9.05 Å². The van der Waals surface area contributed by atoms with Gasteiger partial charge in [0.05, 0.1) is 0 Å². The molecule has 1 aromatic rings. The first-order valence-corrected chi connectivity index (χ1v) is 8.00. The Hall–Kier alpha value is -1.40. The SMILES string of the molecule is COP(=O)(CC(=O)[C@@H](C)CC#Cc1ccccc1)OC. The van der Waals surface area contributed by atoms with Crippen molar-refractivity contribution in [1.82, 2.24) is 0 Å². The Bertz CT molecular complexity index is 534. The number of carbonyl (C=O) groups is 1. The zero-order chi connectivity index (χ0) is 15.0. The van der Waals surface area contributed by atoms with Gasteiger partial charge in [-0.2, -0.15) is 0 Å². The molecule has 0 aliphatic rings. The maximum atomic E-state index is 11.9. The van der Waals surface area contributed by atoms with Gasteiger partial charge in [-0.05, 0) is 12.1 Å². The molecule has 0 saturated carbocycles. The van der Waals surface area contributed by atoms with E-state index < -0.39 is 7.60 Å². The summed E-state index contributed by atoms with van der Waals surface area (Å²) in [7, 11) is -0.729. The molecule has 0 aliphatic heterocycles. The lowest BCUT2D eigenvalue weighted by Gasteiger charge is -2.14. The summed E-state index contributed by atoms with van der Waals surface area (Å²) >= 11 is 0. The summed E-state index contributed by atoms with van der Waals surface area (Å²) in [6.07, 6.45) is 0.204. The third kappa shape index (κ3) is 5.30. The summed E-state index contributed by atoms with van der Waals surface area (Å²) in [5, 5.41) is 0. The topological polar surface area (TPSA) is 52.6 Å². The van der Waals surface area contributed by atoms with E-state index in [2.05, 4.69) is 11.8 Å². The fourth-order valence-corrected chi connectivity index (χ4v) is 2.59. The van der Waals surface area contributed by atoms with E-state index in [9.17, 15) is 9.36 Å². The monoisotopic (exact) mass is 294 g/mol. The minimum Gasteiger partial charge on any atom is -0.312 e. The number of hydrogen-bond acceptors (Lipinski definition) is 4. The average Bonchev–Trinajstić information content (AvgIpc) is 2.48. The minimum atomic E-state index is -3.28. The van der Waals surface area contributed by atoms with E-state index in [1.165, 1.54) is 14.2 Å². The normalized spacial score (nSPS) is 12.3. The molecule has 0 fully saturated rings. The molecule has 0 bridgehead atoms. The van der Waals surface area contributed by atoms with Gasteiger partial charge in [0, 0.05) is 32.1 Å². The van der Waals surface area contributed by atoms with Crippen molar-refractivity contribution in [2.45, 2.75) is 13.3 Å². The van der Waals surface area contributed by atoms with E-state index in [1.807, 2.05) is 30.3 Å². The second kappa shape index (κ2) is 8.01. The summed E-state index contributed by atoms with van der Waals surface area (Å²) in [5.74, 6) is 5.48. The Balaban J connectivity index is 2.55. The molecule has 4 nitrogen and oxygen atoms in total. The van der Waals surface area contributed by atoms with E-state index >= 15 is 0 Å². The molecule has 1 atom stereocenters. The van der Waals surface area contributed by atoms with Crippen LogP contribution in [0.3, 0.4) is 0 Å². The molecule has 0 spiro atoms. The molecule has 20 heavy (non-hydrogen) atoms. The molecule has 0 amide bonds. The molecule has 5 heteroatoms. The fraction of sp³-hybridized carbons (Fsp3) is 0.400. The van der Waals surface area contributed by atoms with Crippen molar-refractivity contribution in [3.63, 3.8) is 0 Å². The van der Waals surface area contributed by atoms with Gasteiger partial charge in [0.2, 0.25) is 0 Å². The second-order valence-corrected chi connectivity index (χ2v) is 6.64. The average molecular weight is 294 g/mol. The van der Waals surface area contributed by atoms with Crippen LogP contribution in [0.4, 0.5) is 0 Å². The van der Waals surface area contributed by atoms with Crippen molar-refractivity contribution < 1.29 is 18.4 Å². The van der Waals surface area contributed by atoms with E-state index in [0.717, 1.165) is 5.56 Å². The zero-order valence-electron chi connectivity index (χ0n) is 12.0. The van der Waals surface area contributed by atoms with Gasteiger partial charge in [-0.25, -0.2) is 0 Å². The Morgan fingerprint density at radius 2 is 1.85 bits per heavy atom. The van der Waals surface area contributed by atoms with Gasteiger partial charge in [0.25, 0.3) is 0 Å². The lowest BCUT2D eigenvalue weighted by atomic mass is 10.0. The third-order valence-electron chi connectivity index (χ3n) is 2.87. The summed E-state index contributed by atoms with van der Waals surface area (Å²) in [5.41, 5.74) is 0.909. The van der Waals surface area contributed by atoms with Gasteiger partial charge in [-0.3, -0.25) is 9.36 Å². The van der Waals surface area contributed by atoms with Gasteiger partial charge in [-0.15, -0.1) is 0 Å². The van der Waals surface area contributed by atoms with Gasteiger partial charge in [0.1, 0.15) is 11.9 Å². The Labute approximate surface area is 120 Å². The highest BCUT2D eigenvalue weighted by Gasteiger charge is 2.27. The van der Waals surface area contributed by atoms with Crippen molar-refractivity contribution in [2.75, 3.05) is 20.4 Å². The number of Topliss-reactive ketones (excluding diaryl/α,β-unsaturated/α-hetero) is 1. The standard InChI is InChI=1S/C15H19O4P/c1-13(15(16)12-20(17,18-2)19-3)8-7-11-14-9-5-4-6-10-14/h4-6,9-10,13H,8,12H2,1-3H3/t13-/m0/s1. The third-order valence-corrected chi connectivity index (χ3v) is 4.68. The number of ketones is 1. The van der Waals surface area contributed by atoms with Crippen LogP contribution in [0.2, 0.25) is 0 Å². The first kappa shape index (κ1) is 16.7. The number of rotatable bonds is 6. The Morgan fingerprint density at radius 3 is 2.40 bits per heavy atom. The quantitative estimate of drug-likeness (QED) is 0.597. The summed E-state index contributed by atoms with van der Waals surface area (Å²) in [4.78, 5) is 11.9. The van der Waals surface area contributed by atoms with Crippen LogP contribution in [0.1, 0.15) is 18.9 Å². The highest BCUT2D eigenvalue weighted by molar-refractivity contribution is 7.54. The van der Waals surface area contributed by atoms with Crippen LogP contribution in [-0.2, 0) is 18.4 Å². The number of benzene rings is 1. The predicted molar refractivity (Wildman–Crippen MR) is 78.6 cm³/mol. The Kier molecular flexibility index (Phi) is 6.67. The van der Waals surface area contributed by atoms with E-state index in [0.29, 0.717) is 6.42 Å². The molecule has 0 heterocycles. The van der Waals surface area contributed by atoms with Gasteiger partial charge >= 0.3 is 7.60 Å². The second-order valence-electron chi connectivity index (χ2n) is 4.37. The summed E-state index contributed by atoms with van der Waals surface area (Å²) in [6.45, 7) is 1.76. The maximum absolute atomic E-state index is 11.9. The smallest absolute Gasteiger partial charge is 0.312 e. The van der Waals surface area contributed by atoms with Crippen molar-refractivity contribution in [3.8, 4) is 11.8 Å². The molecular weight excluding hydrogens is 275 g/mol. The van der Waals surface area contributed by atoms with Gasteiger partial charge < -0.3 is 9.05 Å². The molecule has 0 unspecified atom stereocenters. The van der Waals surface area contributed by atoms with Crippen molar-refractivity contribution in [2.24, 2.45) is 5.92 Å². The maximum Gasteiger partial charge on any atom is 0.337 e. The van der Waals surface area contributed by atoms with Crippen LogP contribution in [0.25, 0.3) is 0 Å². The first-order chi connectivity index (χ1) is 9.50. The van der Waals surface area contributed by atoms with Crippen LogP contribution in [-0.4, -0.2) is 26.2 Å². The molecule has 108 valence electrons. The predicted octanol–water partition coefficient (Wildman–Crippen LogP) is 3.12. The molecule has 0 aliphatic carbocycles. The van der Waals surface area contributed by atoms with Crippen molar-refractivity contribution >= 4 is 13.4 Å². The first-order valence-electron chi connectivity index (χ1n) is 6.28. The largest absolute Gasteiger partial charge is 0.337 e. The van der Waals surface area contributed by atoms with Crippen molar-refractivity contribution in [1.29, 1.82) is 0 Å². The van der Waals surface area contributed by atoms with E-state index in [-0.39, 0.29) is 17.9 Å². The lowest BCUT2D eigenvalue weighted by molar-refractivity contribution is -0.120. The highest BCUT2D eigenvalue weighted by atomic mass is 31.2. The van der Waals surface area contributed by atoms with Gasteiger partial charge in [0.15, 0.2) is 0 Å². The number of carbonyl (C=O) groups excluding carboxylic acids is 1. The molecule has 1 aromatic carbocycles.